The van der Waals surface area contributed by atoms with Crippen LogP contribution >= 0.6 is 11.6 Å². The van der Waals surface area contributed by atoms with Gasteiger partial charge in [0.05, 0.1) is 13.5 Å². The summed E-state index contributed by atoms with van der Waals surface area (Å²) in [6.45, 7) is 0. The summed E-state index contributed by atoms with van der Waals surface area (Å²) in [4.78, 5) is 3.43. The lowest BCUT2D eigenvalue weighted by atomic mass is 10.0. The molecule has 2 radical (unpaired) electrons. The topological polar surface area (TPSA) is 30.2 Å². The van der Waals surface area contributed by atoms with E-state index < -0.39 is 11.9 Å². The van der Waals surface area contributed by atoms with Crippen molar-refractivity contribution in [3.05, 3.63) is 28.7 Å². The average Bonchev–Trinajstić information content (AvgIpc) is 2.54. The first kappa shape index (κ1) is 11.3. The normalized spacial score (nSPS) is 12.2. The Bertz CT molecular complexity index is 537. The van der Waals surface area contributed by atoms with Crippen LogP contribution in [0.25, 0.3) is 5.65 Å². The lowest BCUT2D eigenvalue weighted by Crippen LogP contribution is -2.10. The van der Waals surface area contributed by atoms with Gasteiger partial charge in [-0.3, -0.25) is 0 Å². The molecule has 2 heterocycles. The van der Waals surface area contributed by atoms with Gasteiger partial charge in [-0.05, 0) is 18.5 Å². The maximum Gasteiger partial charge on any atom is 0.435 e. The minimum Gasteiger partial charge on any atom is -0.222 e. The minimum atomic E-state index is -4.55. The molecule has 0 unspecified atom stereocenters. The Balaban J connectivity index is 2.77. The Morgan fingerprint density at radius 3 is 2.62 bits per heavy atom. The predicted octanol–water partition coefficient (Wildman–Crippen LogP) is 2.07. The van der Waals surface area contributed by atoms with Crippen LogP contribution < -0.4 is 0 Å². The minimum absolute atomic E-state index is 0.0668. The molecule has 0 aromatic carbocycles. The molecule has 0 amide bonds. The van der Waals surface area contributed by atoms with Gasteiger partial charge in [-0.1, -0.05) is 11.6 Å². The van der Waals surface area contributed by atoms with Gasteiger partial charge < -0.3 is 0 Å². The van der Waals surface area contributed by atoms with Gasteiger partial charge in [-0.2, -0.15) is 18.3 Å². The zero-order valence-corrected chi connectivity index (χ0v) is 8.55. The molecule has 2 aromatic heterocycles. The van der Waals surface area contributed by atoms with E-state index in [1.165, 1.54) is 12.1 Å². The van der Waals surface area contributed by atoms with Crippen molar-refractivity contribution in [1.29, 1.82) is 0 Å². The third kappa shape index (κ3) is 1.75. The van der Waals surface area contributed by atoms with Crippen molar-refractivity contribution in [2.75, 3.05) is 0 Å². The molecule has 82 valence electrons. The quantitative estimate of drug-likeness (QED) is 0.720. The summed E-state index contributed by atoms with van der Waals surface area (Å²) in [5.74, 6) is 0. The summed E-state index contributed by atoms with van der Waals surface area (Å²) < 4.78 is 38.8. The number of hydrogen-bond acceptors (Lipinski definition) is 2. The van der Waals surface area contributed by atoms with E-state index in [0.717, 1.165) is 4.52 Å². The molecule has 3 nitrogen and oxygen atoms in total. The summed E-state index contributed by atoms with van der Waals surface area (Å²) in [6, 6.07) is 2.72. The van der Waals surface area contributed by atoms with E-state index >= 15 is 0 Å². The third-order valence-corrected chi connectivity index (χ3v) is 2.20. The molecule has 0 fully saturated rings. The lowest BCUT2D eigenvalue weighted by molar-refractivity contribution is -0.141. The van der Waals surface area contributed by atoms with Crippen LogP contribution in [0.5, 0.6) is 0 Å². The molecule has 0 aliphatic rings. The van der Waals surface area contributed by atoms with Crippen LogP contribution in [-0.4, -0.2) is 22.4 Å². The molecule has 2 aromatic rings. The SMILES string of the molecule is [B]Cc1c(C(F)(F)F)nc2ccc(Cl)nn12. The van der Waals surface area contributed by atoms with Crippen molar-refractivity contribution in [3.8, 4) is 0 Å². The zero-order valence-electron chi connectivity index (χ0n) is 7.79. The number of alkyl halides is 3. The van der Waals surface area contributed by atoms with Gasteiger partial charge in [0.2, 0.25) is 0 Å². The van der Waals surface area contributed by atoms with Crippen molar-refractivity contribution >= 4 is 25.1 Å². The fraction of sp³-hybridized carbons (Fsp3) is 0.250. The number of aromatic nitrogens is 3. The average molecular weight is 245 g/mol. The molecular weight excluding hydrogens is 241 g/mol. The Morgan fingerprint density at radius 2 is 2.06 bits per heavy atom. The first-order chi connectivity index (χ1) is 7.43. The molecule has 8 heteroatoms. The first-order valence-corrected chi connectivity index (χ1v) is 4.62. The van der Waals surface area contributed by atoms with Crippen LogP contribution in [0.1, 0.15) is 11.4 Å². The maximum atomic E-state index is 12.6. The Morgan fingerprint density at radius 1 is 1.38 bits per heavy atom. The van der Waals surface area contributed by atoms with Crippen LogP contribution in [0.3, 0.4) is 0 Å². The Labute approximate surface area is 94.6 Å². The van der Waals surface area contributed by atoms with Crippen LogP contribution in [0.2, 0.25) is 5.15 Å². The maximum absolute atomic E-state index is 12.6. The third-order valence-electron chi connectivity index (χ3n) is 2.00. The second-order valence-corrected chi connectivity index (χ2v) is 3.42. The Hall–Kier alpha value is -1.24. The van der Waals surface area contributed by atoms with Gasteiger partial charge >= 0.3 is 6.18 Å². The van der Waals surface area contributed by atoms with Crippen LogP contribution in [-0.2, 0) is 12.5 Å². The van der Waals surface area contributed by atoms with Crippen molar-refractivity contribution < 1.29 is 13.2 Å². The lowest BCUT2D eigenvalue weighted by Gasteiger charge is -2.04. The number of fused-ring (bicyclic) bond motifs is 1. The molecule has 0 aliphatic heterocycles. The molecule has 0 N–H and O–H groups in total. The second kappa shape index (κ2) is 3.66. The van der Waals surface area contributed by atoms with Crippen LogP contribution in [0.4, 0.5) is 13.2 Å². The molecule has 0 atom stereocenters. The molecule has 0 spiro atoms. The van der Waals surface area contributed by atoms with Crippen LogP contribution in [0.15, 0.2) is 12.1 Å². The number of rotatable bonds is 1. The standard InChI is InChI=1S/C8H4BClF3N3/c9-3-4-7(8(11,12)13)14-6-2-1-5(10)15-16(4)6/h1-2H,3H2. The highest BCUT2D eigenvalue weighted by molar-refractivity contribution is 6.29. The summed E-state index contributed by atoms with van der Waals surface area (Å²) in [7, 11) is 5.26. The molecule has 16 heavy (non-hydrogen) atoms. The van der Waals surface area contributed by atoms with Crippen molar-refractivity contribution in [2.45, 2.75) is 12.5 Å². The summed E-state index contributed by atoms with van der Waals surface area (Å²) >= 11 is 5.59. The molecule has 0 saturated carbocycles. The summed E-state index contributed by atoms with van der Waals surface area (Å²) in [6.07, 6.45) is -4.86. The van der Waals surface area contributed by atoms with Gasteiger partial charge in [0.15, 0.2) is 11.3 Å². The van der Waals surface area contributed by atoms with Gasteiger partial charge in [0.25, 0.3) is 0 Å². The fourth-order valence-electron chi connectivity index (χ4n) is 1.37. The van der Waals surface area contributed by atoms with E-state index in [2.05, 4.69) is 10.1 Å². The first-order valence-electron chi connectivity index (χ1n) is 4.25. The van der Waals surface area contributed by atoms with E-state index in [0.29, 0.717) is 0 Å². The fourth-order valence-corrected chi connectivity index (χ4v) is 1.51. The van der Waals surface area contributed by atoms with Gasteiger partial charge in [-0.15, -0.1) is 0 Å². The second-order valence-electron chi connectivity index (χ2n) is 3.04. The van der Waals surface area contributed by atoms with Gasteiger partial charge in [0, 0.05) is 0 Å². The monoisotopic (exact) mass is 245 g/mol. The molecule has 0 saturated heterocycles. The molecule has 0 aliphatic carbocycles. The predicted molar refractivity (Wildman–Crippen MR) is 52.5 cm³/mol. The molecule has 0 bridgehead atoms. The van der Waals surface area contributed by atoms with E-state index in [4.69, 9.17) is 19.4 Å². The van der Waals surface area contributed by atoms with E-state index in [1.54, 1.807) is 0 Å². The highest BCUT2D eigenvalue weighted by atomic mass is 35.5. The highest BCUT2D eigenvalue weighted by Gasteiger charge is 2.37. The zero-order chi connectivity index (χ0) is 11.9. The summed E-state index contributed by atoms with van der Waals surface area (Å²) in [5, 5.41) is 3.80. The van der Waals surface area contributed by atoms with Crippen LogP contribution in [0, 0.1) is 0 Å². The number of halogens is 4. The van der Waals surface area contributed by atoms with Crippen molar-refractivity contribution in [1.82, 2.24) is 14.6 Å². The Kier molecular flexibility index (Phi) is 2.57. The number of nitrogens with zero attached hydrogens (tertiary/aromatic N) is 3. The smallest absolute Gasteiger partial charge is 0.222 e. The van der Waals surface area contributed by atoms with E-state index in [9.17, 15) is 13.2 Å². The van der Waals surface area contributed by atoms with Gasteiger partial charge in [0.1, 0.15) is 5.15 Å². The number of imidazole rings is 1. The van der Waals surface area contributed by atoms with E-state index in [1.807, 2.05) is 0 Å². The highest BCUT2D eigenvalue weighted by Crippen LogP contribution is 2.31. The number of hydrogen-bond donors (Lipinski definition) is 0. The van der Waals surface area contributed by atoms with E-state index in [-0.39, 0.29) is 22.8 Å². The molecule has 2 rings (SSSR count). The summed E-state index contributed by atoms with van der Waals surface area (Å²) in [5.41, 5.74) is -1.16. The van der Waals surface area contributed by atoms with Crippen molar-refractivity contribution in [2.24, 2.45) is 0 Å². The van der Waals surface area contributed by atoms with Gasteiger partial charge in [-0.25, -0.2) is 9.50 Å². The van der Waals surface area contributed by atoms with Crippen molar-refractivity contribution in [3.63, 3.8) is 0 Å². The largest absolute Gasteiger partial charge is 0.435 e. The molecular formula is C8H4BClF3N3.